The highest BCUT2D eigenvalue weighted by Crippen LogP contribution is 2.08. The van der Waals surface area contributed by atoms with Gasteiger partial charge in [0.15, 0.2) is 0 Å². The Morgan fingerprint density at radius 2 is 2.30 bits per heavy atom. The second kappa shape index (κ2) is 2.18. The van der Waals surface area contributed by atoms with Crippen molar-refractivity contribution in [2.75, 3.05) is 0 Å². The first kappa shape index (κ1) is 6.88. The van der Waals surface area contributed by atoms with E-state index < -0.39 is 5.69 Å². The second-order valence-electron chi connectivity index (χ2n) is 1.95. The standard InChI is InChI=1S/C5H8N2O3/c1-7-4(9)3(2-8)6-5(7)10/h8-9H,2H2,1H3,(H,6,10). The molecule has 0 spiro atoms. The highest BCUT2D eigenvalue weighted by atomic mass is 16.3. The van der Waals surface area contributed by atoms with E-state index in [4.69, 9.17) is 10.2 Å². The van der Waals surface area contributed by atoms with Crippen molar-refractivity contribution in [1.82, 2.24) is 9.55 Å². The Bertz CT molecular complexity index is 286. The summed E-state index contributed by atoms with van der Waals surface area (Å²) in [5.74, 6) is -0.215. The minimum Gasteiger partial charge on any atom is -0.493 e. The van der Waals surface area contributed by atoms with Gasteiger partial charge in [0.2, 0.25) is 5.88 Å². The van der Waals surface area contributed by atoms with Crippen molar-refractivity contribution in [3.05, 3.63) is 16.2 Å². The number of hydrogen-bond acceptors (Lipinski definition) is 3. The van der Waals surface area contributed by atoms with Gasteiger partial charge in [0.25, 0.3) is 0 Å². The van der Waals surface area contributed by atoms with Crippen LogP contribution in [0.5, 0.6) is 5.88 Å². The Balaban J connectivity index is 3.31. The zero-order chi connectivity index (χ0) is 7.72. The van der Waals surface area contributed by atoms with Crippen molar-refractivity contribution in [3.63, 3.8) is 0 Å². The Morgan fingerprint density at radius 1 is 1.70 bits per heavy atom. The first-order valence-corrected chi connectivity index (χ1v) is 2.74. The molecular weight excluding hydrogens is 136 g/mol. The lowest BCUT2D eigenvalue weighted by Gasteiger charge is -1.91. The first-order chi connectivity index (χ1) is 4.66. The Labute approximate surface area is 56.6 Å². The number of imidazole rings is 1. The molecule has 0 bridgehead atoms. The summed E-state index contributed by atoms with van der Waals surface area (Å²) in [5, 5.41) is 17.5. The van der Waals surface area contributed by atoms with E-state index in [0.29, 0.717) is 0 Å². The summed E-state index contributed by atoms with van der Waals surface area (Å²) < 4.78 is 1.02. The zero-order valence-corrected chi connectivity index (χ0v) is 5.46. The van der Waals surface area contributed by atoms with Gasteiger partial charge in [-0.1, -0.05) is 0 Å². The Hall–Kier alpha value is -1.23. The first-order valence-electron chi connectivity index (χ1n) is 2.74. The molecule has 0 aliphatic carbocycles. The van der Waals surface area contributed by atoms with Gasteiger partial charge in [0.1, 0.15) is 5.69 Å². The summed E-state index contributed by atoms with van der Waals surface area (Å²) in [5.41, 5.74) is -0.283. The van der Waals surface area contributed by atoms with Crippen LogP contribution in [0.25, 0.3) is 0 Å². The normalized spacial score (nSPS) is 10.2. The van der Waals surface area contributed by atoms with Crippen LogP contribution < -0.4 is 5.69 Å². The fraction of sp³-hybridized carbons (Fsp3) is 0.400. The molecule has 1 heterocycles. The van der Waals surface area contributed by atoms with Gasteiger partial charge in [-0.15, -0.1) is 0 Å². The second-order valence-corrected chi connectivity index (χ2v) is 1.95. The maximum absolute atomic E-state index is 10.7. The molecule has 0 saturated carbocycles. The largest absolute Gasteiger partial charge is 0.493 e. The molecule has 0 aliphatic rings. The van der Waals surface area contributed by atoms with E-state index in [9.17, 15) is 4.79 Å². The SMILES string of the molecule is Cn1c(O)c(CO)[nH]c1=O. The Morgan fingerprint density at radius 3 is 2.50 bits per heavy atom. The molecule has 0 amide bonds. The van der Waals surface area contributed by atoms with E-state index in [1.165, 1.54) is 7.05 Å². The number of hydrogen-bond donors (Lipinski definition) is 3. The summed E-state index contributed by atoms with van der Waals surface area (Å²) >= 11 is 0. The van der Waals surface area contributed by atoms with E-state index in [2.05, 4.69) is 4.98 Å². The van der Waals surface area contributed by atoms with Gasteiger partial charge >= 0.3 is 5.69 Å². The Kier molecular flexibility index (Phi) is 1.50. The smallest absolute Gasteiger partial charge is 0.328 e. The summed E-state index contributed by atoms with van der Waals surface area (Å²) in [6.07, 6.45) is 0. The summed E-state index contributed by atoms with van der Waals surface area (Å²) in [4.78, 5) is 12.9. The molecule has 5 heteroatoms. The number of aromatic nitrogens is 2. The van der Waals surface area contributed by atoms with Crippen LogP contribution in [-0.2, 0) is 13.7 Å². The molecule has 10 heavy (non-hydrogen) atoms. The average Bonchev–Trinajstić information content (AvgIpc) is 2.17. The van der Waals surface area contributed by atoms with Crippen molar-refractivity contribution in [1.29, 1.82) is 0 Å². The molecule has 5 nitrogen and oxygen atoms in total. The third kappa shape index (κ3) is 0.801. The van der Waals surface area contributed by atoms with E-state index in [0.717, 1.165) is 4.57 Å². The van der Waals surface area contributed by atoms with Crippen LogP contribution in [0.3, 0.4) is 0 Å². The van der Waals surface area contributed by atoms with Gasteiger partial charge in [0.05, 0.1) is 6.61 Å². The molecule has 56 valence electrons. The summed E-state index contributed by atoms with van der Waals surface area (Å²) in [6.45, 7) is -0.359. The van der Waals surface area contributed by atoms with Crippen LogP contribution in [0.1, 0.15) is 5.69 Å². The molecule has 1 rings (SSSR count). The molecular formula is C5H8N2O3. The number of aliphatic hydroxyl groups excluding tert-OH is 1. The maximum Gasteiger partial charge on any atom is 0.328 e. The van der Waals surface area contributed by atoms with Gasteiger partial charge in [-0.3, -0.25) is 4.57 Å². The minimum absolute atomic E-state index is 0.146. The van der Waals surface area contributed by atoms with Crippen LogP contribution in [0.15, 0.2) is 4.79 Å². The van der Waals surface area contributed by atoms with E-state index in [1.807, 2.05) is 0 Å². The lowest BCUT2D eigenvalue weighted by Crippen LogP contribution is -2.11. The maximum atomic E-state index is 10.7. The topological polar surface area (TPSA) is 78.2 Å². The molecule has 1 aromatic rings. The number of nitrogens with one attached hydrogen (secondary N) is 1. The van der Waals surface area contributed by atoms with Gasteiger partial charge in [-0.2, -0.15) is 0 Å². The average molecular weight is 144 g/mol. The zero-order valence-electron chi connectivity index (χ0n) is 5.46. The number of H-pyrrole nitrogens is 1. The highest BCUT2D eigenvalue weighted by molar-refractivity contribution is 5.16. The van der Waals surface area contributed by atoms with Gasteiger partial charge < -0.3 is 15.2 Å². The lowest BCUT2D eigenvalue weighted by atomic mass is 10.5. The van der Waals surface area contributed by atoms with E-state index in [1.54, 1.807) is 0 Å². The van der Waals surface area contributed by atoms with E-state index >= 15 is 0 Å². The van der Waals surface area contributed by atoms with Crippen molar-refractivity contribution < 1.29 is 10.2 Å². The number of rotatable bonds is 1. The van der Waals surface area contributed by atoms with Crippen molar-refractivity contribution in [3.8, 4) is 5.88 Å². The lowest BCUT2D eigenvalue weighted by molar-refractivity contribution is 0.269. The van der Waals surface area contributed by atoms with Gasteiger partial charge in [0, 0.05) is 7.05 Å². The molecule has 0 fully saturated rings. The van der Waals surface area contributed by atoms with Crippen LogP contribution in [0, 0.1) is 0 Å². The molecule has 3 N–H and O–H groups in total. The molecule has 0 radical (unpaired) electrons. The van der Waals surface area contributed by atoms with Crippen molar-refractivity contribution >= 4 is 0 Å². The van der Waals surface area contributed by atoms with Gasteiger partial charge in [-0.25, -0.2) is 4.79 Å². The molecule has 0 saturated heterocycles. The van der Waals surface area contributed by atoms with Crippen LogP contribution in [0.4, 0.5) is 0 Å². The fourth-order valence-corrected chi connectivity index (χ4v) is 0.678. The van der Waals surface area contributed by atoms with Crippen LogP contribution >= 0.6 is 0 Å². The van der Waals surface area contributed by atoms with Crippen molar-refractivity contribution in [2.45, 2.75) is 6.61 Å². The highest BCUT2D eigenvalue weighted by Gasteiger charge is 2.06. The number of aliphatic hydroxyl groups is 1. The predicted molar refractivity (Wildman–Crippen MR) is 33.6 cm³/mol. The molecule has 0 atom stereocenters. The van der Waals surface area contributed by atoms with E-state index in [-0.39, 0.29) is 18.2 Å². The van der Waals surface area contributed by atoms with Crippen molar-refractivity contribution in [2.24, 2.45) is 7.05 Å². The van der Waals surface area contributed by atoms with Gasteiger partial charge in [-0.05, 0) is 0 Å². The number of aromatic amines is 1. The minimum atomic E-state index is -0.429. The molecule has 0 unspecified atom stereocenters. The third-order valence-electron chi connectivity index (χ3n) is 1.31. The third-order valence-corrected chi connectivity index (χ3v) is 1.31. The number of nitrogens with zero attached hydrogens (tertiary/aromatic N) is 1. The summed E-state index contributed by atoms with van der Waals surface area (Å²) in [6, 6.07) is 0. The quantitative estimate of drug-likeness (QED) is 0.468. The molecule has 0 aliphatic heterocycles. The fourth-order valence-electron chi connectivity index (χ4n) is 0.678. The molecule has 1 aromatic heterocycles. The monoisotopic (exact) mass is 144 g/mol. The number of aromatic hydroxyl groups is 1. The molecule has 0 aromatic carbocycles. The van der Waals surface area contributed by atoms with Crippen LogP contribution in [0.2, 0.25) is 0 Å². The van der Waals surface area contributed by atoms with Crippen LogP contribution in [-0.4, -0.2) is 19.8 Å². The predicted octanol–water partition coefficient (Wildman–Crippen LogP) is -1.09. The summed E-state index contributed by atoms with van der Waals surface area (Å²) in [7, 11) is 1.41.